The van der Waals surface area contributed by atoms with Crippen molar-refractivity contribution < 1.29 is 9.66 Å². The number of ether oxygens (including phenoxy) is 1. The van der Waals surface area contributed by atoms with Crippen LogP contribution < -0.4 is 4.74 Å². The number of alkyl halides is 1. The highest BCUT2D eigenvalue weighted by molar-refractivity contribution is 9.10. The lowest BCUT2D eigenvalue weighted by molar-refractivity contribution is -0.385. The van der Waals surface area contributed by atoms with Gasteiger partial charge in [0.1, 0.15) is 11.9 Å². The van der Waals surface area contributed by atoms with Crippen LogP contribution in [0.25, 0.3) is 0 Å². The van der Waals surface area contributed by atoms with Crippen molar-refractivity contribution in [3.8, 4) is 5.75 Å². The molecule has 0 bridgehead atoms. The summed E-state index contributed by atoms with van der Waals surface area (Å²) in [5, 5.41) is 10.9. The molecule has 3 unspecified atom stereocenters. The maximum absolute atomic E-state index is 10.8. The first-order valence-corrected chi connectivity index (χ1v) is 7.36. The first-order chi connectivity index (χ1) is 8.88. The highest BCUT2D eigenvalue weighted by atomic mass is 79.9. The molecule has 0 aromatic heterocycles. The van der Waals surface area contributed by atoms with Crippen LogP contribution in [-0.2, 0) is 0 Å². The van der Waals surface area contributed by atoms with Gasteiger partial charge < -0.3 is 4.74 Å². The van der Waals surface area contributed by atoms with Gasteiger partial charge in [-0.2, -0.15) is 0 Å². The van der Waals surface area contributed by atoms with Gasteiger partial charge >= 0.3 is 0 Å². The molecule has 1 fully saturated rings. The van der Waals surface area contributed by atoms with Gasteiger partial charge in [-0.05, 0) is 28.4 Å². The van der Waals surface area contributed by atoms with Gasteiger partial charge in [0.25, 0.3) is 5.69 Å². The van der Waals surface area contributed by atoms with Gasteiger partial charge in [-0.25, -0.2) is 0 Å². The Bertz CT molecular complexity index is 511. The SMILES string of the molecule is CCC1(C)C(Cl)CC1Oc1cc([N+](=O)[O-])ccc1Br. The second-order valence-corrected chi connectivity index (χ2v) is 6.42. The van der Waals surface area contributed by atoms with E-state index in [9.17, 15) is 10.1 Å². The zero-order valence-electron chi connectivity index (χ0n) is 10.7. The molecule has 19 heavy (non-hydrogen) atoms. The van der Waals surface area contributed by atoms with E-state index in [4.69, 9.17) is 16.3 Å². The van der Waals surface area contributed by atoms with Gasteiger partial charge in [0.2, 0.25) is 0 Å². The molecule has 0 N–H and O–H groups in total. The lowest BCUT2D eigenvalue weighted by atomic mass is 9.65. The maximum Gasteiger partial charge on any atom is 0.273 e. The quantitative estimate of drug-likeness (QED) is 0.456. The summed E-state index contributed by atoms with van der Waals surface area (Å²) >= 11 is 9.59. The van der Waals surface area contributed by atoms with E-state index in [1.165, 1.54) is 12.1 Å². The maximum atomic E-state index is 10.8. The van der Waals surface area contributed by atoms with Crippen molar-refractivity contribution in [3.63, 3.8) is 0 Å². The van der Waals surface area contributed by atoms with Crippen LogP contribution in [0.15, 0.2) is 22.7 Å². The highest BCUT2D eigenvalue weighted by Crippen LogP contribution is 2.49. The van der Waals surface area contributed by atoms with Gasteiger partial charge in [0.15, 0.2) is 0 Å². The number of rotatable bonds is 4. The molecule has 1 saturated carbocycles. The van der Waals surface area contributed by atoms with E-state index < -0.39 is 4.92 Å². The summed E-state index contributed by atoms with van der Waals surface area (Å²) in [7, 11) is 0. The van der Waals surface area contributed by atoms with Crippen LogP contribution in [0.4, 0.5) is 5.69 Å². The standard InChI is InChI=1S/C13H15BrClNO3/c1-3-13(2)11(15)7-12(13)19-10-6-8(16(17)18)4-5-9(10)14/h4-6,11-12H,3,7H2,1-2H3. The van der Waals surface area contributed by atoms with E-state index in [0.717, 1.165) is 17.3 Å². The number of benzene rings is 1. The Balaban J connectivity index is 2.20. The summed E-state index contributed by atoms with van der Waals surface area (Å²) < 4.78 is 6.63. The van der Waals surface area contributed by atoms with Crippen molar-refractivity contribution in [3.05, 3.63) is 32.8 Å². The van der Waals surface area contributed by atoms with E-state index in [1.807, 2.05) is 0 Å². The molecular weight excluding hydrogens is 334 g/mol. The van der Waals surface area contributed by atoms with Crippen molar-refractivity contribution in [2.24, 2.45) is 5.41 Å². The van der Waals surface area contributed by atoms with Crippen LogP contribution in [0, 0.1) is 15.5 Å². The summed E-state index contributed by atoms with van der Waals surface area (Å²) in [5.74, 6) is 0.502. The zero-order valence-corrected chi connectivity index (χ0v) is 13.1. The molecule has 0 saturated heterocycles. The topological polar surface area (TPSA) is 52.4 Å². The molecule has 104 valence electrons. The summed E-state index contributed by atoms with van der Waals surface area (Å²) in [4.78, 5) is 10.4. The molecule has 2 rings (SSSR count). The average molecular weight is 349 g/mol. The van der Waals surface area contributed by atoms with Crippen LogP contribution in [0.3, 0.4) is 0 Å². The molecule has 4 nitrogen and oxygen atoms in total. The summed E-state index contributed by atoms with van der Waals surface area (Å²) in [5.41, 5.74) is -0.0517. The van der Waals surface area contributed by atoms with Crippen LogP contribution >= 0.6 is 27.5 Å². The fraction of sp³-hybridized carbons (Fsp3) is 0.538. The van der Waals surface area contributed by atoms with Gasteiger partial charge in [-0.3, -0.25) is 10.1 Å². The number of nitro benzene ring substituents is 1. The minimum absolute atomic E-state index is 0.00157. The number of hydrogen-bond acceptors (Lipinski definition) is 3. The molecular formula is C13H15BrClNO3. The van der Waals surface area contributed by atoms with Gasteiger partial charge in [-0.1, -0.05) is 13.8 Å². The van der Waals surface area contributed by atoms with Crippen LogP contribution in [0.5, 0.6) is 5.75 Å². The molecule has 1 aliphatic carbocycles. The number of hydrogen-bond donors (Lipinski definition) is 0. The number of nitro groups is 1. The first-order valence-electron chi connectivity index (χ1n) is 6.13. The molecule has 0 radical (unpaired) electrons. The zero-order chi connectivity index (χ0) is 14.2. The third kappa shape index (κ3) is 2.58. The van der Waals surface area contributed by atoms with E-state index in [2.05, 4.69) is 29.8 Å². The van der Waals surface area contributed by atoms with Crippen LogP contribution in [0.2, 0.25) is 0 Å². The summed E-state index contributed by atoms with van der Waals surface area (Å²) in [6.07, 6.45) is 1.68. The molecule has 3 atom stereocenters. The van der Waals surface area contributed by atoms with E-state index in [1.54, 1.807) is 6.07 Å². The normalized spacial score (nSPS) is 29.7. The summed E-state index contributed by atoms with van der Waals surface area (Å²) in [6.45, 7) is 4.16. The number of nitrogens with zero attached hydrogens (tertiary/aromatic N) is 1. The molecule has 1 aromatic carbocycles. The fourth-order valence-electron chi connectivity index (χ4n) is 2.25. The minimum atomic E-state index is -0.427. The Hall–Kier alpha value is -0.810. The molecule has 0 aliphatic heterocycles. The van der Waals surface area contributed by atoms with E-state index >= 15 is 0 Å². The third-order valence-corrected chi connectivity index (χ3v) is 5.36. The molecule has 0 heterocycles. The molecule has 6 heteroatoms. The highest BCUT2D eigenvalue weighted by Gasteiger charge is 2.51. The monoisotopic (exact) mass is 347 g/mol. The van der Waals surface area contributed by atoms with Crippen molar-refractivity contribution in [2.75, 3.05) is 0 Å². The van der Waals surface area contributed by atoms with Crippen LogP contribution in [-0.4, -0.2) is 16.4 Å². The Kier molecular flexibility index (Phi) is 4.06. The second-order valence-electron chi connectivity index (χ2n) is 5.04. The van der Waals surface area contributed by atoms with E-state index in [-0.39, 0.29) is 22.6 Å². The van der Waals surface area contributed by atoms with Crippen molar-refractivity contribution in [2.45, 2.75) is 38.2 Å². The molecule has 0 spiro atoms. The van der Waals surface area contributed by atoms with Crippen molar-refractivity contribution in [1.82, 2.24) is 0 Å². The predicted octanol–water partition coefficient (Wildman–Crippen LogP) is 4.53. The van der Waals surface area contributed by atoms with Gasteiger partial charge in [0.05, 0.1) is 15.5 Å². The van der Waals surface area contributed by atoms with E-state index in [0.29, 0.717) is 5.75 Å². The number of non-ortho nitro benzene ring substituents is 1. The Morgan fingerprint density at radius 3 is 2.84 bits per heavy atom. The Labute approximate surface area is 125 Å². The second kappa shape index (κ2) is 5.29. The average Bonchev–Trinajstić information content (AvgIpc) is 2.39. The Morgan fingerprint density at radius 2 is 2.32 bits per heavy atom. The minimum Gasteiger partial charge on any atom is -0.488 e. The summed E-state index contributed by atoms with van der Waals surface area (Å²) in [6, 6.07) is 4.52. The lowest BCUT2D eigenvalue weighted by Gasteiger charge is -2.50. The fourth-order valence-corrected chi connectivity index (χ4v) is 3.05. The third-order valence-electron chi connectivity index (χ3n) is 4.03. The van der Waals surface area contributed by atoms with Crippen LogP contribution in [0.1, 0.15) is 26.7 Å². The smallest absolute Gasteiger partial charge is 0.273 e. The molecule has 0 amide bonds. The van der Waals surface area contributed by atoms with Crippen molar-refractivity contribution >= 4 is 33.2 Å². The molecule has 1 aromatic rings. The number of halogens is 2. The Morgan fingerprint density at radius 1 is 1.63 bits per heavy atom. The predicted molar refractivity (Wildman–Crippen MR) is 77.9 cm³/mol. The van der Waals surface area contributed by atoms with Crippen molar-refractivity contribution in [1.29, 1.82) is 0 Å². The van der Waals surface area contributed by atoms with Gasteiger partial charge in [0, 0.05) is 23.3 Å². The largest absolute Gasteiger partial charge is 0.488 e. The lowest BCUT2D eigenvalue weighted by Crippen LogP contribution is -2.55. The van der Waals surface area contributed by atoms with Gasteiger partial charge in [-0.15, -0.1) is 11.6 Å². The molecule has 1 aliphatic rings. The first kappa shape index (κ1) is 14.6.